The van der Waals surface area contributed by atoms with Gasteiger partial charge in [-0.2, -0.15) is 0 Å². The highest BCUT2D eigenvalue weighted by Gasteiger charge is 2.23. The number of carbonyl (C=O) groups excluding carboxylic acids is 1. The molecule has 3 rings (SSSR count). The first-order valence-corrected chi connectivity index (χ1v) is 6.82. The van der Waals surface area contributed by atoms with Gasteiger partial charge in [0.15, 0.2) is 0 Å². The van der Waals surface area contributed by atoms with Crippen molar-refractivity contribution in [2.45, 2.75) is 32.3 Å². The van der Waals surface area contributed by atoms with Crippen LogP contribution in [0.15, 0.2) is 16.8 Å². The molecule has 2 unspecified atom stereocenters. The summed E-state index contributed by atoms with van der Waals surface area (Å²) in [5.41, 5.74) is 1.67. The molecule has 2 N–H and O–H groups in total. The molecule has 2 atom stereocenters. The van der Waals surface area contributed by atoms with Crippen molar-refractivity contribution in [3.8, 4) is 0 Å². The molecule has 0 spiro atoms. The van der Waals surface area contributed by atoms with Gasteiger partial charge in [-0.25, -0.2) is 4.98 Å². The van der Waals surface area contributed by atoms with Gasteiger partial charge in [0.25, 0.3) is 11.6 Å². The van der Waals surface area contributed by atoms with Crippen LogP contribution >= 0.6 is 0 Å². The zero-order valence-corrected chi connectivity index (χ0v) is 11.3. The smallest absolute Gasteiger partial charge is 0.257 e. The van der Waals surface area contributed by atoms with E-state index in [2.05, 4.69) is 15.5 Å². The second-order valence-corrected chi connectivity index (χ2v) is 5.39. The van der Waals surface area contributed by atoms with Crippen molar-refractivity contribution in [2.24, 2.45) is 5.92 Å². The predicted molar refractivity (Wildman–Crippen MR) is 72.2 cm³/mol. The lowest BCUT2D eigenvalue weighted by molar-refractivity contribution is 0.0945. The fourth-order valence-corrected chi connectivity index (χ4v) is 2.64. The monoisotopic (exact) mass is 275 g/mol. The molecule has 1 aliphatic carbocycles. The van der Waals surface area contributed by atoms with Crippen molar-refractivity contribution < 1.29 is 14.4 Å². The summed E-state index contributed by atoms with van der Waals surface area (Å²) in [7, 11) is 0. The Morgan fingerprint density at radius 1 is 1.55 bits per heavy atom. The average Bonchev–Trinajstić information content (AvgIpc) is 3.03. The number of aryl methyl sites for hydroxylation is 1. The van der Waals surface area contributed by atoms with E-state index in [0.29, 0.717) is 23.7 Å². The van der Waals surface area contributed by atoms with E-state index in [1.54, 1.807) is 6.07 Å². The minimum absolute atomic E-state index is 0.151. The molecule has 20 heavy (non-hydrogen) atoms. The van der Waals surface area contributed by atoms with Gasteiger partial charge < -0.3 is 14.9 Å². The standard InChI is InChI=1S/C14H17N3O3/c1-8-12-5-10(7-16-14(12)20-17-8)13(19)15-6-9-2-3-11(18)4-9/h5,7,9,11,18H,2-4,6H2,1H3,(H,15,19). The minimum atomic E-state index is -0.213. The highest BCUT2D eigenvalue weighted by atomic mass is 16.5. The van der Waals surface area contributed by atoms with Crippen LogP contribution < -0.4 is 5.32 Å². The molecule has 6 nitrogen and oxygen atoms in total. The number of aliphatic hydroxyl groups is 1. The number of aliphatic hydroxyl groups excluding tert-OH is 1. The van der Waals surface area contributed by atoms with Crippen LogP contribution in [0.3, 0.4) is 0 Å². The van der Waals surface area contributed by atoms with Gasteiger partial charge >= 0.3 is 0 Å². The number of rotatable bonds is 3. The number of hydrogen-bond donors (Lipinski definition) is 2. The van der Waals surface area contributed by atoms with Gasteiger partial charge in [-0.15, -0.1) is 0 Å². The van der Waals surface area contributed by atoms with E-state index >= 15 is 0 Å². The van der Waals surface area contributed by atoms with Crippen molar-refractivity contribution in [1.82, 2.24) is 15.5 Å². The molecule has 1 fully saturated rings. The van der Waals surface area contributed by atoms with Gasteiger partial charge in [0, 0.05) is 12.7 Å². The van der Waals surface area contributed by atoms with Gasteiger partial charge in [0.05, 0.1) is 22.7 Å². The van der Waals surface area contributed by atoms with Gasteiger partial charge in [0.2, 0.25) is 0 Å². The Kier molecular flexibility index (Phi) is 3.40. The van der Waals surface area contributed by atoms with E-state index < -0.39 is 0 Å². The van der Waals surface area contributed by atoms with Crippen LogP contribution in [0.1, 0.15) is 35.3 Å². The molecule has 6 heteroatoms. The van der Waals surface area contributed by atoms with Gasteiger partial charge in [-0.3, -0.25) is 4.79 Å². The molecule has 2 aromatic heterocycles. The Hall–Kier alpha value is -1.95. The summed E-state index contributed by atoms with van der Waals surface area (Å²) in [6.07, 6.45) is 3.83. The Labute approximate surface area is 116 Å². The van der Waals surface area contributed by atoms with Gasteiger partial charge in [0.1, 0.15) is 0 Å². The maximum Gasteiger partial charge on any atom is 0.257 e. The van der Waals surface area contributed by atoms with E-state index in [0.717, 1.165) is 30.3 Å². The van der Waals surface area contributed by atoms with Gasteiger partial charge in [-0.05, 0) is 38.2 Å². The molecule has 1 aliphatic rings. The predicted octanol–water partition coefficient (Wildman–Crippen LogP) is 1.42. The third kappa shape index (κ3) is 2.51. The van der Waals surface area contributed by atoms with Crippen LogP contribution in [0, 0.1) is 12.8 Å². The highest BCUT2D eigenvalue weighted by Crippen LogP contribution is 2.24. The third-order valence-corrected chi connectivity index (χ3v) is 3.84. The van der Waals surface area contributed by atoms with Crippen LogP contribution in [0.25, 0.3) is 11.1 Å². The summed E-state index contributed by atoms with van der Waals surface area (Å²) in [5.74, 6) is 0.212. The number of carbonyl (C=O) groups is 1. The van der Waals surface area contributed by atoms with Crippen LogP contribution in [-0.2, 0) is 0 Å². The fraction of sp³-hybridized carbons (Fsp3) is 0.500. The van der Waals surface area contributed by atoms with Gasteiger partial charge in [-0.1, -0.05) is 5.16 Å². The lowest BCUT2D eigenvalue weighted by atomic mass is 10.1. The fourth-order valence-electron chi connectivity index (χ4n) is 2.64. The molecular weight excluding hydrogens is 258 g/mol. The summed E-state index contributed by atoms with van der Waals surface area (Å²) in [6, 6.07) is 1.74. The van der Waals surface area contributed by atoms with E-state index in [4.69, 9.17) is 4.52 Å². The zero-order chi connectivity index (χ0) is 14.1. The number of pyridine rings is 1. The summed E-state index contributed by atoms with van der Waals surface area (Å²) in [5, 5.41) is 16.9. The van der Waals surface area contributed by atoms with Crippen molar-refractivity contribution in [2.75, 3.05) is 6.54 Å². The Morgan fingerprint density at radius 3 is 3.15 bits per heavy atom. The summed E-state index contributed by atoms with van der Waals surface area (Å²) in [4.78, 5) is 16.2. The second kappa shape index (κ2) is 5.20. The summed E-state index contributed by atoms with van der Waals surface area (Å²) < 4.78 is 5.02. The van der Waals surface area contributed by atoms with Crippen molar-refractivity contribution >= 4 is 17.0 Å². The number of hydrogen-bond acceptors (Lipinski definition) is 5. The van der Waals surface area contributed by atoms with Crippen LogP contribution in [0.4, 0.5) is 0 Å². The van der Waals surface area contributed by atoms with Crippen molar-refractivity contribution in [1.29, 1.82) is 0 Å². The second-order valence-electron chi connectivity index (χ2n) is 5.39. The molecule has 0 bridgehead atoms. The number of nitrogens with one attached hydrogen (secondary N) is 1. The quantitative estimate of drug-likeness (QED) is 0.884. The molecule has 0 aromatic carbocycles. The molecule has 0 aliphatic heterocycles. The number of fused-ring (bicyclic) bond motifs is 1. The average molecular weight is 275 g/mol. The lowest BCUT2D eigenvalue weighted by Gasteiger charge is -2.10. The van der Waals surface area contributed by atoms with E-state index in [1.165, 1.54) is 6.20 Å². The van der Waals surface area contributed by atoms with E-state index in [-0.39, 0.29) is 12.0 Å². The first kappa shape index (κ1) is 13.1. The third-order valence-electron chi connectivity index (χ3n) is 3.84. The maximum absolute atomic E-state index is 12.1. The highest BCUT2D eigenvalue weighted by molar-refractivity contribution is 5.96. The maximum atomic E-state index is 12.1. The van der Waals surface area contributed by atoms with Crippen LogP contribution in [0.2, 0.25) is 0 Å². The van der Waals surface area contributed by atoms with Crippen molar-refractivity contribution in [3.05, 3.63) is 23.5 Å². The minimum Gasteiger partial charge on any atom is -0.393 e. The van der Waals surface area contributed by atoms with E-state index in [9.17, 15) is 9.90 Å². The zero-order valence-electron chi connectivity index (χ0n) is 11.3. The number of aromatic nitrogens is 2. The largest absolute Gasteiger partial charge is 0.393 e. The first-order chi connectivity index (χ1) is 9.63. The molecule has 1 saturated carbocycles. The van der Waals surface area contributed by atoms with Crippen LogP contribution in [0.5, 0.6) is 0 Å². The van der Waals surface area contributed by atoms with Crippen LogP contribution in [-0.4, -0.2) is 33.8 Å². The van der Waals surface area contributed by atoms with Crippen molar-refractivity contribution in [3.63, 3.8) is 0 Å². The molecule has 2 heterocycles. The molecule has 106 valence electrons. The Bertz CT molecular complexity index is 638. The molecule has 0 saturated heterocycles. The summed E-state index contributed by atoms with van der Waals surface area (Å²) in [6.45, 7) is 2.41. The molecule has 0 radical (unpaired) electrons. The molecule has 1 amide bonds. The summed E-state index contributed by atoms with van der Waals surface area (Å²) >= 11 is 0. The first-order valence-electron chi connectivity index (χ1n) is 6.82. The SMILES string of the molecule is Cc1noc2ncc(C(=O)NCC3CCC(O)C3)cc12. The number of amides is 1. The Morgan fingerprint density at radius 2 is 2.40 bits per heavy atom. The normalized spacial score (nSPS) is 22.3. The molecular formula is C14H17N3O3. The lowest BCUT2D eigenvalue weighted by Crippen LogP contribution is -2.28. The Balaban J connectivity index is 1.67. The number of nitrogens with zero attached hydrogens (tertiary/aromatic N) is 2. The molecule has 2 aromatic rings. The topological polar surface area (TPSA) is 88.2 Å². The van der Waals surface area contributed by atoms with E-state index in [1.807, 2.05) is 6.92 Å².